The Morgan fingerprint density at radius 2 is 1.94 bits per heavy atom. The molecule has 4 nitrogen and oxygen atoms in total. The number of allylic oxidation sites excluding steroid dienone is 1. The van der Waals surface area contributed by atoms with E-state index in [1.54, 1.807) is 18.5 Å². The minimum absolute atomic E-state index is 0. The molecule has 0 fully saturated rings. The SMILES string of the molecule is C=CCC(F)(F)c1ccc(Cc2c(Oc3ccc(F)c(C(=N)SC)c3)c(F)cc3[nH]ccc23)nc1.I. The molecular formula is C26H22F4IN3OS. The van der Waals surface area contributed by atoms with E-state index in [1.165, 1.54) is 30.3 Å². The molecule has 2 N–H and O–H groups in total. The van der Waals surface area contributed by atoms with Crippen LogP contribution in [0.3, 0.4) is 0 Å². The first kappa shape index (κ1) is 27.7. The van der Waals surface area contributed by atoms with Crippen LogP contribution >= 0.6 is 35.7 Å². The highest BCUT2D eigenvalue weighted by Gasteiger charge is 2.30. The lowest BCUT2D eigenvalue weighted by Crippen LogP contribution is -2.12. The van der Waals surface area contributed by atoms with Crippen molar-refractivity contribution in [3.63, 3.8) is 0 Å². The number of thioether (sulfide) groups is 1. The number of nitrogens with zero attached hydrogens (tertiary/aromatic N) is 1. The van der Waals surface area contributed by atoms with Crippen LogP contribution in [0.4, 0.5) is 17.6 Å². The van der Waals surface area contributed by atoms with E-state index in [4.69, 9.17) is 10.1 Å². The van der Waals surface area contributed by atoms with Crippen molar-refractivity contribution in [3.05, 3.63) is 102 Å². The maximum atomic E-state index is 15.2. The van der Waals surface area contributed by atoms with Gasteiger partial charge in [-0.25, -0.2) is 17.6 Å². The maximum Gasteiger partial charge on any atom is 0.278 e. The molecule has 188 valence electrons. The highest BCUT2D eigenvalue weighted by Crippen LogP contribution is 2.37. The van der Waals surface area contributed by atoms with E-state index in [0.29, 0.717) is 22.2 Å². The summed E-state index contributed by atoms with van der Waals surface area (Å²) in [5, 5.41) is 8.60. The third-order valence-electron chi connectivity index (χ3n) is 5.48. The second kappa shape index (κ2) is 11.5. The summed E-state index contributed by atoms with van der Waals surface area (Å²) in [4.78, 5) is 7.12. The normalized spacial score (nSPS) is 11.2. The number of rotatable bonds is 8. The van der Waals surface area contributed by atoms with E-state index in [9.17, 15) is 13.2 Å². The van der Waals surface area contributed by atoms with Crippen LogP contribution < -0.4 is 4.74 Å². The van der Waals surface area contributed by atoms with Crippen molar-refractivity contribution < 1.29 is 22.3 Å². The zero-order chi connectivity index (χ0) is 25.2. The van der Waals surface area contributed by atoms with E-state index >= 15 is 4.39 Å². The maximum absolute atomic E-state index is 15.2. The van der Waals surface area contributed by atoms with E-state index in [0.717, 1.165) is 30.1 Å². The quantitative estimate of drug-likeness (QED) is 0.0681. The molecule has 0 saturated carbocycles. The molecule has 0 unspecified atom stereocenters. The number of aromatic nitrogens is 2. The van der Waals surface area contributed by atoms with E-state index in [1.807, 2.05) is 0 Å². The van der Waals surface area contributed by atoms with Gasteiger partial charge in [-0.1, -0.05) is 6.08 Å². The lowest BCUT2D eigenvalue weighted by atomic mass is 10.0. The Morgan fingerprint density at radius 3 is 2.61 bits per heavy atom. The number of hydrogen-bond donors (Lipinski definition) is 2. The number of alkyl halides is 2. The second-order valence-electron chi connectivity index (χ2n) is 7.79. The first-order valence-electron chi connectivity index (χ1n) is 10.6. The lowest BCUT2D eigenvalue weighted by Gasteiger charge is -2.16. The van der Waals surface area contributed by atoms with Crippen molar-refractivity contribution in [2.45, 2.75) is 18.8 Å². The van der Waals surface area contributed by atoms with Crippen molar-refractivity contribution in [2.24, 2.45) is 0 Å². The summed E-state index contributed by atoms with van der Waals surface area (Å²) >= 11 is 1.07. The zero-order valence-electron chi connectivity index (χ0n) is 19.1. The Morgan fingerprint density at radius 1 is 1.17 bits per heavy atom. The summed E-state index contributed by atoms with van der Waals surface area (Å²) in [6, 6.07) is 9.65. The third-order valence-corrected chi connectivity index (χ3v) is 6.11. The molecule has 0 bridgehead atoms. The topological polar surface area (TPSA) is 61.8 Å². The predicted molar refractivity (Wildman–Crippen MR) is 146 cm³/mol. The van der Waals surface area contributed by atoms with Gasteiger partial charge in [0.1, 0.15) is 11.6 Å². The second-order valence-corrected chi connectivity index (χ2v) is 8.61. The highest BCUT2D eigenvalue weighted by atomic mass is 127. The lowest BCUT2D eigenvalue weighted by molar-refractivity contribution is -0.00121. The number of ether oxygens (including phenoxy) is 1. The van der Waals surface area contributed by atoms with Crippen LogP contribution in [0.25, 0.3) is 10.9 Å². The zero-order valence-corrected chi connectivity index (χ0v) is 22.2. The van der Waals surface area contributed by atoms with E-state index < -0.39 is 24.0 Å². The molecule has 36 heavy (non-hydrogen) atoms. The van der Waals surface area contributed by atoms with Crippen molar-refractivity contribution in [1.82, 2.24) is 9.97 Å². The van der Waals surface area contributed by atoms with E-state index in [-0.39, 0.29) is 58.1 Å². The molecule has 0 aliphatic rings. The molecule has 2 aromatic heterocycles. The molecule has 0 spiro atoms. The molecule has 2 aromatic carbocycles. The summed E-state index contributed by atoms with van der Waals surface area (Å²) in [6.07, 6.45) is 5.15. The Bertz CT molecular complexity index is 1410. The molecule has 2 heterocycles. The van der Waals surface area contributed by atoms with Gasteiger partial charge in [-0.3, -0.25) is 10.4 Å². The smallest absolute Gasteiger partial charge is 0.278 e. The Balaban J connectivity index is 0.00000361. The molecule has 10 heteroatoms. The molecular weight excluding hydrogens is 605 g/mol. The van der Waals surface area contributed by atoms with Gasteiger partial charge in [0.2, 0.25) is 0 Å². The van der Waals surface area contributed by atoms with Gasteiger partial charge in [0.15, 0.2) is 11.6 Å². The van der Waals surface area contributed by atoms with Gasteiger partial charge in [-0.15, -0.1) is 42.3 Å². The van der Waals surface area contributed by atoms with Crippen LogP contribution in [-0.2, 0) is 12.3 Å². The molecule has 0 amide bonds. The number of benzene rings is 2. The number of fused-ring (bicyclic) bond motifs is 1. The summed E-state index contributed by atoms with van der Waals surface area (Å²) in [5.74, 6) is -4.26. The number of nitrogens with one attached hydrogen (secondary N) is 2. The fraction of sp³-hybridized carbons (Fsp3) is 0.154. The van der Waals surface area contributed by atoms with Crippen LogP contribution in [0.2, 0.25) is 0 Å². The van der Waals surface area contributed by atoms with Gasteiger partial charge in [0, 0.05) is 64.6 Å². The standard InChI is InChI=1S/C26H21F4N3OS.HI/c1-3-9-26(29,30)15-4-5-16(33-14-15)11-19-18-8-10-32-23(18)13-22(28)24(19)34-17-6-7-21(27)20(12-17)25(31)35-2;/h3-8,10,12-14,31-32H,1,9,11H2,2H3;1H. The van der Waals surface area contributed by atoms with Gasteiger partial charge < -0.3 is 9.72 Å². The number of H-pyrrole nitrogens is 1. The van der Waals surface area contributed by atoms with Crippen LogP contribution in [-0.4, -0.2) is 21.3 Å². The molecule has 0 saturated heterocycles. The third kappa shape index (κ3) is 5.75. The number of hydrogen-bond acceptors (Lipinski definition) is 4. The number of aromatic amines is 1. The van der Waals surface area contributed by atoms with Crippen LogP contribution in [0.1, 0.15) is 28.8 Å². The Hall–Kier alpha value is -2.86. The monoisotopic (exact) mass is 627 g/mol. The minimum atomic E-state index is -3.08. The first-order chi connectivity index (χ1) is 16.7. The van der Waals surface area contributed by atoms with Gasteiger partial charge in [0.25, 0.3) is 5.92 Å². The Kier molecular flexibility index (Phi) is 8.83. The van der Waals surface area contributed by atoms with Crippen molar-refractivity contribution >= 4 is 51.7 Å². The van der Waals surface area contributed by atoms with Gasteiger partial charge in [-0.05, 0) is 42.7 Å². The molecule has 0 aliphatic heterocycles. The van der Waals surface area contributed by atoms with Crippen molar-refractivity contribution in [3.8, 4) is 11.5 Å². The van der Waals surface area contributed by atoms with Crippen molar-refractivity contribution in [1.29, 1.82) is 5.41 Å². The average Bonchev–Trinajstić information content (AvgIpc) is 3.30. The minimum Gasteiger partial charge on any atom is -0.454 e. The van der Waals surface area contributed by atoms with E-state index in [2.05, 4.69) is 16.5 Å². The predicted octanol–water partition coefficient (Wildman–Crippen LogP) is 8.20. The summed E-state index contributed by atoms with van der Waals surface area (Å²) in [5.41, 5.74) is 1.22. The van der Waals surface area contributed by atoms with Crippen LogP contribution in [0, 0.1) is 17.0 Å². The van der Waals surface area contributed by atoms with Gasteiger partial charge in [-0.2, -0.15) is 0 Å². The average molecular weight is 627 g/mol. The molecule has 0 atom stereocenters. The fourth-order valence-corrected chi connectivity index (χ4v) is 4.08. The molecule has 0 radical (unpaired) electrons. The first-order valence-corrected chi connectivity index (χ1v) is 11.8. The Labute approximate surface area is 226 Å². The number of pyridine rings is 1. The fourth-order valence-electron chi connectivity index (χ4n) is 3.70. The molecule has 4 aromatic rings. The van der Waals surface area contributed by atoms with Gasteiger partial charge >= 0.3 is 0 Å². The van der Waals surface area contributed by atoms with Crippen LogP contribution in [0.15, 0.2) is 67.5 Å². The molecule has 0 aliphatic carbocycles. The van der Waals surface area contributed by atoms with Gasteiger partial charge in [0.05, 0.1) is 5.04 Å². The highest BCUT2D eigenvalue weighted by molar-refractivity contribution is 14.0. The van der Waals surface area contributed by atoms with Crippen molar-refractivity contribution in [2.75, 3.05) is 6.26 Å². The van der Waals surface area contributed by atoms with Crippen LogP contribution in [0.5, 0.6) is 11.5 Å². The summed E-state index contributed by atoms with van der Waals surface area (Å²) in [7, 11) is 0. The molecule has 4 rings (SSSR count). The number of halogens is 5. The summed E-state index contributed by atoms with van der Waals surface area (Å²) < 4.78 is 63.5. The largest absolute Gasteiger partial charge is 0.454 e. The summed E-state index contributed by atoms with van der Waals surface area (Å²) in [6.45, 7) is 3.36.